The Morgan fingerprint density at radius 1 is 1.37 bits per heavy atom. The first kappa shape index (κ1) is 13.3. The van der Waals surface area contributed by atoms with E-state index in [2.05, 4.69) is 38.1 Å². The molecule has 3 heteroatoms. The highest BCUT2D eigenvalue weighted by atomic mass is 28.4. The molecule has 19 heavy (non-hydrogen) atoms. The Balaban J connectivity index is 1.69. The molecule has 3 rings (SSSR count). The summed E-state index contributed by atoms with van der Waals surface area (Å²) >= 11 is 0. The molecule has 2 atom stereocenters. The third kappa shape index (κ3) is 2.08. The molecule has 1 saturated heterocycles. The minimum Gasteiger partial charge on any atom is -0.432 e. The molecule has 0 bridgehead atoms. The number of ether oxygens (including phenoxy) is 1. The Morgan fingerprint density at radius 2 is 2.05 bits per heavy atom. The Labute approximate surface area is 116 Å². The predicted molar refractivity (Wildman–Crippen MR) is 79.7 cm³/mol. The monoisotopic (exact) mass is 276 g/mol. The summed E-state index contributed by atoms with van der Waals surface area (Å²) in [5.74, 6) is 0. The van der Waals surface area contributed by atoms with Crippen LogP contribution in [0.1, 0.15) is 43.9 Å². The molecule has 0 saturated carbocycles. The lowest BCUT2D eigenvalue weighted by molar-refractivity contribution is 0.257. The van der Waals surface area contributed by atoms with Crippen LogP contribution in [0.25, 0.3) is 0 Å². The second-order valence-corrected chi connectivity index (χ2v) is 11.9. The molecule has 1 aliphatic heterocycles. The zero-order valence-electron chi connectivity index (χ0n) is 12.4. The molecule has 1 aromatic carbocycles. The van der Waals surface area contributed by atoms with Crippen molar-refractivity contribution < 1.29 is 9.53 Å². The molecular weight excluding hydrogens is 252 g/mol. The van der Waals surface area contributed by atoms with Gasteiger partial charge in [0.2, 0.25) is 0 Å². The summed E-state index contributed by atoms with van der Waals surface area (Å²) in [4.78, 5) is 10.4. The number of benzene rings is 1. The zero-order chi connectivity index (χ0) is 13.9. The minimum absolute atomic E-state index is 0.0486. The smallest absolute Gasteiger partial charge is 0.188 e. The van der Waals surface area contributed by atoms with Gasteiger partial charge in [0.05, 0.1) is 0 Å². The van der Waals surface area contributed by atoms with E-state index >= 15 is 0 Å². The molecule has 1 aliphatic carbocycles. The van der Waals surface area contributed by atoms with Crippen LogP contribution in [0.3, 0.4) is 0 Å². The van der Waals surface area contributed by atoms with Crippen molar-refractivity contribution in [3.8, 4) is 0 Å². The molecule has 1 heterocycles. The van der Waals surface area contributed by atoms with Crippen LogP contribution in [0.2, 0.25) is 18.1 Å². The number of rotatable bonds is 4. The molecular formula is C16H24O2Si. The first-order chi connectivity index (χ1) is 8.75. The lowest BCUT2D eigenvalue weighted by Gasteiger charge is -2.35. The van der Waals surface area contributed by atoms with Gasteiger partial charge in [-0.05, 0) is 42.1 Å². The van der Waals surface area contributed by atoms with Gasteiger partial charge in [0, 0.05) is 6.42 Å². The third-order valence-corrected chi connectivity index (χ3v) is 8.99. The average molecular weight is 276 g/mol. The van der Waals surface area contributed by atoms with E-state index in [1.807, 2.05) is 13.1 Å². The molecule has 1 N–H and O–H groups in total. The van der Waals surface area contributed by atoms with Gasteiger partial charge < -0.3 is 9.53 Å². The number of fused-ring (bicyclic) bond motifs is 3. The van der Waals surface area contributed by atoms with Crippen molar-refractivity contribution in [2.45, 2.75) is 62.9 Å². The van der Waals surface area contributed by atoms with E-state index < -0.39 is 8.32 Å². The zero-order valence-corrected chi connectivity index (χ0v) is 13.4. The van der Waals surface area contributed by atoms with E-state index in [0.29, 0.717) is 6.10 Å². The van der Waals surface area contributed by atoms with Gasteiger partial charge >= 0.3 is 0 Å². The topological polar surface area (TPSA) is 32.8 Å². The maximum atomic E-state index is 10.4. The van der Waals surface area contributed by atoms with Crippen LogP contribution in [0.15, 0.2) is 24.3 Å². The Kier molecular flexibility index (Phi) is 2.76. The highest BCUT2D eigenvalue weighted by Crippen LogP contribution is 2.61. The highest BCUT2D eigenvalue weighted by molar-refractivity contribution is 6.72. The Morgan fingerprint density at radius 3 is 2.68 bits per heavy atom. The van der Waals surface area contributed by atoms with Crippen LogP contribution < -0.4 is 0 Å². The van der Waals surface area contributed by atoms with Gasteiger partial charge in [0.25, 0.3) is 0 Å². The molecule has 0 unspecified atom stereocenters. The molecule has 0 spiro atoms. The van der Waals surface area contributed by atoms with E-state index in [4.69, 9.17) is 4.74 Å². The van der Waals surface area contributed by atoms with Crippen molar-refractivity contribution >= 4 is 8.32 Å². The molecule has 1 aromatic rings. The normalized spacial score (nSPS) is 29.0. The molecule has 0 radical (unpaired) electrons. The van der Waals surface area contributed by atoms with Crippen LogP contribution in [0, 0.1) is 0 Å². The van der Waals surface area contributed by atoms with Gasteiger partial charge in [0.15, 0.2) is 8.32 Å². The van der Waals surface area contributed by atoms with E-state index in [1.54, 1.807) is 0 Å². The summed E-state index contributed by atoms with van der Waals surface area (Å²) in [5, 5.41) is 0.0486. The fourth-order valence-electron chi connectivity index (χ4n) is 3.06. The van der Waals surface area contributed by atoms with Crippen LogP contribution >= 0.6 is 0 Å². The van der Waals surface area contributed by atoms with Crippen molar-refractivity contribution in [3.63, 3.8) is 0 Å². The van der Waals surface area contributed by atoms with Crippen molar-refractivity contribution in [2.75, 3.05) is 0 Å². The Bertz CT molecular complexity index is 504. The largest absolute Gasteiger partial charge is 0.432 e. The van der Waals surface area contributed by atoms with Crippen molar-refractivity contribution in [1.29, 1.82) is 0 Å². The van der Waals surface area contributed by atoms with Gasteiger partial charge in [0.1, 0.15) is 11.7 Å². The van der Waals surface area contributed by atoms with Gasteiger partial charge in [-0.25, -0.2) is 0 Å². The summed E-state index contributed by atoms with van der Waals surface area (Å²) in [6.45, 7) is 8.49. The second-order valence-electron chi connectivity index (χ2n) is 7.38. The first-order valence-electron chi connectivity index (χ1n) is 7.23. The molecule has 104 valence electrons. The van der Waals surface area contributed by atoms with Crippen LogP contribution in [-0.2, 0) is 11.2 Å². The SMILES string of the molecule is CC(C)(CC[C@]12Cc3ccccc3[C@H]1O2)[Si](C)(C)O. The fourth-order valence-corrected chi connectivity index (χ4v) is 3.80. The summed E-state index contributed by atoms with van der Waals surface area (Å²) in [5.41, 5.74) is 2.90. The van der Waals surface area contributed by atoms with Crippen molar-refractivity contribution in [2.24, 2.45) is 0 Å². The number of hydrogen-bond donors (Lipinski definition) is 1. The van der Waals surface area contributed by atoms with E-state index in [9.17, 15) is 4.80 Å². The molecule has 0 amide bonds. The van der Waals surface area contributed by atoms with Gasteiger partial charge in [-0.3, -0.25) is 0 Å². The van der Waals surface area contributed by atoms with Crippen LogP contribution in [0.5, 0.6) is 0 Å². The Hall–Kier alpha value is -0.643. The maximum absolute atomic E-state index is 10.4. The number of epoxide rings is 1. The molecule has 2 nitrogen and oxygen atoms in total. The summed E-state index contributed by atoms with van der Waals surface area (Å²) < 4.78 is 6.01. The lowest BCUT2D eigenvalue weighted by atomic mass is 9.94. The predicted octanol–water partition coefficient (Wildman–Crippen LogP) is 3.81. The van der Waals surface area contributed by atoms with Crippen LogP contribution in [-0.4, -0.2) is 18.7 Å². The molecule has 1 fully saturated rings. The second kappa shape index (κ2) is 3.93. The minimum atomic E-state index is -2.11. The van der Waals surface area contributed by atoms with E-state index in [-0.39, 0.29) is 10.6 Å². The molecule has 2 aliphatic rings. The summed E-state index contributed by atoms with van der Waals surface area (Å²) in [6, 6.07) is 8.64. The van der Waals surface area contributed by atoms with E-state index in [1.165, 1.54) is 11.1 Å². The standard InChI is InChI=1S/C16H24O2Si/c1-15(2,19(3,4)17)9-10-16-11-12-7-5-6-8-13(12)14(16)18-16/h5-8,14,17H,9-11H2,1-4H3/t14-,16+/m1/s1. The fraction of sp³-hybridized carbons (Fsp3) is 0.625. The quantitative estimate of drug-likeness (QED) is 0.670. The van der Waals surface area contributed by atoms with Gasteiger partial charge in [-0.2, -0.15) is 0 Å². The highest BCUT2D eigenvalue weighted by Gasteiger charge is 2.62. The average Bonchev–Trinajstić information content (AvgIpc) is 2.93. The number of hydrogen-bond acceptors (Lipinski definition) is 2. The van der Waals surface area contributed by atoms with Gasteiger partial charge in [-0.1, -0.05) is 38.1 Å². The van der Waals surface area contributed by atoms with Crippen molar-refractivity contribution in [1.82, 2.24) is 0 Å². The van der Waals surface area contributed by atoms with E-state index in [0.717, 1.165) is 19.3 Å². The van der Waals surface area contributed by atoms with Crippen molar-refractivity contribution in [3.05, 3.63) is 35.4 Å². The van der Waals surface area contributed by atoms with Gasteiger partial charge in [-0.15, -0.1) is 0 Å². The third-order valence-electron chi connectivity index (χ3n) is 5.43. The summed E-state index contributed by atoms with van der Waals surface area (Å²) in [7, 11) is -2.11. The first-order valence-corrected chi connectivity index (χ1v) is 10.2. The van der Waals surface area contributed by atoms with Crippen LogP contribution in [0.4, 0.5) is 0 Å². The maximum Gasteiger partial charge on any atom is 0.188 e. The summed E-state index contributed by atoms with van der Waals surface area (Å²) in [6.07, 6.45) is 3.49. The lowest BCUT2D eigenvalue weighted by Crippen LogP contribution is -2.39. The molecule has 0 aromatic heterocycles.